The molecule has 0 aromatic heterocycles. The van der Waals surface area contributed by atoms with E-state index in [1.807, 2.05) is 6.92 Å². The molecule has 0 radical (unpaired) electrons. The maximum Gasteiger partial charge on any atom is 0.387 e. The number of ether oxygens (including phenoxy) is 1. The highest BCUT2D eigenvalue weighted by Crippen LogP contribution is 2.20. The van der Waals surface area contributed by atoms with E-state index in [9.17, 15) is 13.6 Å². The molecular weight excluding hydrogens is 306 g/mol. The molecule has 23 heavy (non-hydrogen) atoms. The third-order valence-electron chi connectivity index (χ3n) is 4.11. The van der Waals surface area contributed by atoms with Crippen molar-refractivity contribution in [3.63, 3.8) is 0 Å². The number of piperidine rings is 1. The maximum atomic E-state index is 12.2. The number of rotatable bonds is 5. The number of alkyl halides is 2. The van der Waals surface area contributed by atoms with Crippen LogP contribution >= 0.6 is 0 Å². The SMILES string of the molecule is CC(NC(=O)N1CCC(CO)CC1)c1ccc(OC(F)F)cc1. The highest BCUT2D eigenvalue weighted by atomic mass is 19.3. The second kappa shape index (κ2) is 8.10. The van der Waals surface area contributed by atoms with Crippen LogP contribution in [-0.4, -0.2) is 42.3 Å². The Morgan fingerprint density at radius 3 is 2.48 bits per heavy atom. The molecule has 0 bridgehead atoms. The molecule has 1 fully saturated rings. The van der Waals surface area contributed by atoms with E-state index in [0.29, 0.717) is 13.1 Å². The smallest absolute Gasteiger partial charge is 0.387 e. The second-order valence-electron chi connectivity index (χ2n) is 5.73. The van der Waals surface area contributed by atoms with Crippen LogP contribution in [-0.2, 0) is 0 Å². The van der Waals surface area contributed by atoms with E-state index >= 15 is 0 Å². The van der Waals surface area contributed by atoms with Gasteiger partial charge < -0.3 is 20.1 Å². The second-order valence-corrected chi connectivity index (χ2v) is 5.73. The van der Waals surface area contributed by atoms with Crippen LogP contribution in [0.5, 0.6) is 5.75 Å². The van der Waals surface area contributed by atoms with Crippen LogP contribution in [0.4, 0.5) is 13.6 Å². The molecule has 1 heterocycles. The summed E-state index contributed by atoms with van der Waals surface area (Å²) in [6.07, 6.45) is 1.61. The molecule has 0 aliphatic carbocycles. The molecule has 0 saturated carbocycles. The standard InChI is InChI=1S/C16H22F2N2O3/c1-11(13-2-4-14(5-3-13)23-15(17)18)19-16(22)20-8-6-12(10-21)7-9-20/h2-5,11-12,15,21H,6-10H2,1H3,(H,19,22). The maximum absolute atomic E-state index is 12.2. The Kier molecular flexibility index (Phi) is 6.15. The van der Waals surface area contributed by atoms with Gasteiger partial charge >= 0.3 is 12.6 Å². The molecule has 1 unspecified atom stereocenters. The number of nitrogens with zero attached hydrogens (tertiary/aromatic N) is 1. The van der Waals surface area contributed by atoms with Gasteiger partial charge in [-0.25, -0.2) is 4.79 Å². The molecule has 1 aliphatic rings. The fourth-order valence-electron chi connectivity index (χ4n) is 2.62. The predicted molar refractivity (Wildman–Crippen MR) is 81.4 cm³/mol. The first kappa shape index (κ1) is 17.5. The molecule has 2 rings (SSSR count). The Morgan fingerprint density at radius 1 is 1.35 bits per heavy atom. The Hall–Kier alpha value is -1.89. The summed E-state index contributed by atoms with van der Waals surface area (Å²) in [7, 11) is 0. The highest BCUT2D eigenvalue weighted by Gasteiger charge is 2.23. The minimum absolute atomic E-state index is 0.0911. The van der Waals surface area contributed by atoms with Crippen LogP contribution in [0.1, 0.15) is 31.4 Å². The van der Waals surface area contributed by atoms with E-state index in [0.717, 1.165) is 18.4 Å². The molecule has 2 N–H and O–H groups in total. The van der Waals surface area contributed by atoms with Crippen LogP contribution in [0.25, 0.3) is 0 Å². The van der Waals surface area contributed by atoms with Crippen LogP contribution in [0.3, 0.4) is 0 Å². The van der Waals surface area contributed by atoms with Gasteiger partial charge in [0.2, 0.25) is 0 Å². The first-order valence-electron chi connectivity index (χ1n) is 7.70. The number of carbonyl (C=O) groups excluding carboxylic acids is 1. The Balaban J connectivity index is 1.86. The fraction of sp³-hybridized carbons (Fsp3) is 0.562. The summed E-state index contributed by atoms with van der Waals surface area (Å²) in [5.41, 5.74) is 0.810. The first-order chi connectivity index (χ1) is 11.0. The van der Waals surface area contributed by atoms with Gasteiger partial charge in [-0.1, -0.05) is 12.1 Å². The number of likely N-dealkylation sites (tertiary alicyclic amines) is 1. The van der Waals surface area contributed by atoms with E-state index in [1.54, 1.807) is 17.0 Å². The van der Waals surface area contributed by atoms with E-state index in [1.165, 1.54) is 12.1 Å². The molecule has 128 valence electrons. The van der Waals surface area contributed by atoms with Crippen LogP contribution in [0, 0.1) is 5.92 Å². The first-order valence-corrected chi connectivity index (χ1v) is 7.70. The summed E-state index contributed by atoms with van der Waals surface area (Å²) in [6.45, 7) is 0.413. The van der Waals surface area contributed by atoms with Crippen molar-refractivity contribution in [2.75, 3.05) is 19.7 Å². The van der Waals surface area contributed by atoms with Crippen molar-refractivity contribution in [1.82, 2.24) is 10.2 Å². The number of halogens is 2. The van der Waals surface area contributed by atoms with Gasteiger partial charge in [0.05, 0.1) is 6.04 Å². The number of nitrogens with one attached hydrogen (secondary N) is 1. The van der Waals surface area contributed by atoms with Crippen molar-refractivity contribution in [3.8, 4) is 5.75 Å². The molecular formula is C16H22F2N2O3. The Bertz CT molecular complexity index is 503. The minimum atomic E-state index is -2.85. The summed E-state index contributed by atoms with van der Waals surface area (Å²) in [6, 6.07) is 5.83. The highest BCUT2D eigenvalue weighted by molar-refractivity contribution is 5.74. The lowest BCUT2D eigenvalue weighted by atomic mass is 9.98. The largest absolute Gasteiger partial charge is 0.435 e. The summed E-state index contributed by atoms with van der Waals surface area (Å²) >= 11 is 0. The van der Waals surface area contributed by atoms with Gasteiger partial charge in [0.1, 0.15) is 5.75 Å². The summed E-state index contributed by atoms with van der Waals surface area (Å²) in [5, 5.41) is 12.0. The van der Waals surface area contributed by atoms with Gasteiger partial charge in [-0.3, -0.25) is 0 Å². The molecule has 2 amide bonds. The third-order valence-corrected chi connectivity index (χ3v) is 4.11. The topological polar surface area (TPSA) is 61.8 Å². The summed E-state index contributed by atoms with van der Waals surface area (Å²) in [5.74, 6) is 0.368. The van der Waals surface area contributed by atoms with E-state index < -0.39 is 6.61 Å². The van der Waals surface area contributed by atoms with Gasteiger partial charge in [-0.2, -0.15) is 8.78 Å². The number of aliphatic hydroxyl groups excluding tert-OH is 1. The van der Waals surface area contributed by atoms with Crippen LogP contribution in [0.2, 0.25) is 0 Å². The van der Waals surface area contributed by atoms with Crippen molar-refractivity contribution < 1.29 is 23.4 Å². The zero-order chi connectivity index (χ0) is 16.8. The lowest BCUT2D eigenvalue weighted by Gasteiger charge is -2.32. The average Bonchev–Trinajstić information content (AvgIpc) is 2.55. The number of hydrogen-bond acceptors (Lipinski definition) is 3. The van der Waals surface area contributed by atoms with Gasteiger partial charge in [0.15, 0.2) is 0 Å². The van der Waals surface area contributed by atoms with Crippen molar-refractivity contribution in [2.24, 2.45) is 5.92 Å². The predicted octanol–water partition coefficient (Wildman–Crippen LogP) is 2.76. The summed E-state index contributed by atoms with van der Waals surface area (Å²) in [4.78, 5) is 14.0. The molecule has 0 spiro atoms. The van der Waals surface area contributed by atoms with Gasteiger partial charge in [-0.05, 0) is 43.4 Å². The quantitative estimate of drug-likeness (QED) is 0.874. The molecule has 5 nitrogen and oxygen atoms in total. The Morgan fingerprint density at radius 2 is 1.96 bits per heavy atom. The molecule has 1 aliphatic heterocycles. The number of amides is 2. The molecule has 7 heteroatoms. The fourth-order valence-corrected chi connectivity index (χ4v) is 2.62. The van der Waals surface area contributed by atoms with E-state index in [-0.39, 0.29) is 30.3 Å². The van der Waals surface area contributed by atoms with E-state index in [4.69, 9.17) is 5.11 Å². The number of hydrogen-bond donors (Lipinski definition) is 2. The van der Waals surface area contributed by atoms with Crippen LogP contribution < -0.4 is 10.1 Å². The normalized spacial score (nSPS) is 17.2. The van der Waals surface area contributed by atoms with Gasteiger partial charge in [0.25, 0.3) is 0 Å². The van der Waals surface area contributed by atoms with Crippen molar-refractivity contribution >= 4 is 6.03 Å². The monoisotopic (exact) mass is 328 g/mol. The third kappa shape index (κ3) is 5.06. The number of benzene rings is 1. The number of urea groups is 1. The molecule has 1 saturated heterocycles. The Labute approximate surface area is 134 Å². The lowest BCUT2D eigenvalue weighted by molar-refractivity contribution is -0.0498. The average molecular weight is 328 g/mol. The lowest BCUT2D eigenvalue weighted by Crippen LogP contribution is -2.45. The van der Waals surface area contributed by atoms with Gasteiger partial charge in [0, 0.05) is 19.7 Å². The number of carbonyl (C=O) groups is 1. The van der Waals surface area contributed by atoms with Crippen molar-refractivity contribution in [3.05, 3.63) is 29.8 Å². The van der Waals surface area contributed by atoms with Gasteiger partial charge in [-0.15, -0.1) is 0 Å². The number of aliphatic hydroxyl groups is 1. The molecule has 1 aromatic carbocycles. The zero-order valence-electron chi connectivity index (χ0n) is 13.0. The minimum Gasteiger partial charge on any atom is -0.435 e. The molecule has 1 atom stereocenters. The van der Waals surface area contributed by atoms with E-state index in [2.05, 4.69) is 10.1 Å². The van der Waals surface area contributed by atoms with Crippen molar-refractivity contribution in [2.45, 2.75) is 32.4 Å². The molecule has 1 aromatic rings. The summed E-state index contributed by atoms with van der Waals surface area (Å²) < 4.78 is 28.5. The zero-order valence-corrected chi connectivity index (χ0v) is 13.0. The van der Waals surface area contributed by atoms with Crippen LogP contribution in [0.15, 0.2) is 24.3 Å². The van der Waals surface area contributed by atoms with Crippen molar-refractivity contribution in [1.29, 1.82) is 0 Å².